The van der Waals surface area contributed by atoms with Gasteiger partial charge in [0.1, 0.15) is 5.78 Å². The van der Waals surface area contributed by atoms with E-state index in [9.17, 15) is 4.79 Å². The number of carbonyl (C=O) groups excluding carboxylic acids is 1. The van der Waals surface area contributed by atoms with E-state index in [0.29, 0.717) is 5.78 Å². The fourth-order valence-electron chi connectivity index (χ4n) is 3.67. The fourth-order valence-corrected chi connectivity index (χ4v) is 3.67. The molecule has 0 aromatic heterocycles. The zero-order chi connectivity index (χ0) is 15.6. The van der Waals surface area contributed by atoms with Crippen molar-refractivity contribution in [2.45, 2.75) is 106 Å². The van der Waals surface area contributed by atoms with E-state index in [-0.39, 0.29) is 10.8 Å². The Balaban J connectivity index is 5.12. The first-order chi connectivity index (χ1) is 9.40. The van der Waals surface area contributed by atoms with E-state index in [1.165, 1.54) is 25.7 Å². The Labute approximate surface area is 127 Å². The summed E-state index contributed by atoms with van der Waals surface area (Å²) >= 11 is 0. The van der Waals surface area contributed by atoms with E-state index in [0.717, 1.165) is 38.5 Å². The molecule has 0 saturated carbocycles. The molecule has 0 bridgehead atoms. The summed E-state index contributed by atoms with van der Waals surface area (Å²) in [5.74, 6) is 0.551. The van der Waals surface area contributed by atoms with E-state index < -0.39 is 0 Å². The van der Waals surface area contributed by atoms with Crippen LogP contribution in [-0.2, 0) is 4.79 Å². The molecule has 2 unspecified atom stereocenters. The molecule has 1 heteroatoms. The molecule has 120 valence electrons. The predicted octanol–water partition coefficient (Wildman–Crippen LogP) is 6.55. The Hall–Kier alpha value is -0.330. The normalized spacial score (nSPS) is 17.5. The minimum absolute atomic E-state index is 0.0948. The highest BCUT2D eigenvalue weighted by Crippen LogP contribution is 2.42. The minimum Gasteiger partial charge on any atom is -0.298 e. The second-order valence-electron chi connectivity index (χ2n) is 7.16. The molecule has 0 aliphatic carbocycles. The zero-order valence-electron chi connectivity index (χ0n) is 15.0. The molecular formula is C19H38O. The molecule has 1 nitrogen and oxygen atoms in total. The number of hydrogen-bond donors (Lipinski definition) is 0. The Kier molecular flexibility index (Phi) is 9.42. The highest BCUT2D eigenvalue weighted by Gasteiger charge is 2.42. The van der Waals surface area contributed by atoms with Crippen molar-refractivity contribution < 1.29 is 4.79 Å². The van der Waals surface area contributed by atoms with Gasteiger partial charge in [-0.15, -0.1) is 0 Å². The van der Waals surface area contributed by atoms with Crippen molar-refractivity contribution in [3.8, 4) is 0 Å². The summed E-state index contributed by atoms with van der Waals surface area (Å²) in [6, 6.07) is 0. The lowest BCUT2D eigenvalue weighted by atomic mass is 9.64. The summed E-state index contributed by atoms with van der Waals surface area (Å²) in [5, 5.41) is 0. The largest absolute Gasteiger partial charge is 0.298 e. The fraction of sp³-hybridized carbons (Fsp3) is 0.947. The molecule has 0 spiro atoms. The second kappa shape index (κ2) is 9.58. The van der Waals surface area contributed by atoms with Crippen LogP contribution in [0.1, 0.15) is 106 Å². The summed E-state index contributed by atoms with van der Waals surface area (Å²) in [5.41, 5.74) is -0.190. The SMILES string of the molecule is CCCCC(C)(CCC)C(=O)C(C)(CCC)CCCC. The zero-order valence-corrected chi connectivity index (χ0v) is 15.0. The first-order valence-corrected chi connectivity index (χ1v) is 8.95. The third-order valence-corrected chi connectivity index (χ3v) is 4.86. The number of ketones is 1. The van der Waals surface area contributed by atoms with Crippen molar-refractivity contribution in [1.29, 1.82) is 0 Å². The van der Waals surface area contributed by atoms with Gasteiger partial charge in [0.2, 0.25) is 0 Å². The molecule has 0 aromatic carbocycles. The van der Waals surface area contributed by atoms with E-state index in [2.05, 4.69) is 41.5 Å². The standard InChI is InChI=1S/C19H38O/c1-7-11-15-18(5,13-9-3)17(20)19(6,14-10-4)16-12-8-2/h7-16H2,1-6H3. The maximum absolute atomic E-state index is 13.3. The quantitative estimate of drug-likeness (QED) is 0.396. The van der Waals surface area contributed by atoms with Gasteiger partial charge < -0.3 is 0 Å². The molecular weight excluding hydrogens is 244 g/mol. The average Bonchev–Trinajstić information content (AvgIpc) is 2.42. The van der Waals surface area contributed by atoms with Gasteiger partial charge >= 0.3 is 0 Å². The van der Waals surface area contributed by atoms with Gasteiger partial charge in [0.05, 0.1) is 0 Å². The van der Waals surface area contributed by atoms with Crippen LogP contribution in [0.2, 0.25) is 0 Å². The smallest absolute Gasteiger partial charge is 0.144 e. The summed E-state index contributed by atoms with van der Waals surface area (Å²) in [6.07, 6.45) is 11.2. The van der Waals surface area contributed by atoms with Crippen molar-refractivity contribution in [3.63, 3.8) is 0 Å². The van der Waals surface area contributed by atoms with Crippen molar-refractivity contribution in [2.24, 2.45) is 10.8 Å². The predicted molar refractivity (Wildman–Crippen MR) is 90.1 cm³/mol. The van der Waals surface area contributed by atoms with Gasteiger partial charge in [-0.05, 0) is 25.7 Å². The Morgan fingerprint density at radius 3 is 1.25 bits per heavy atom. The van der Waals surface area contributed by atoms with Gasteiger partial charge in [0.25, 0.3) is 0 Å². The van der Waals surface area contributed by atoms with Gasteiger partial charge in [-0.1, -0.05) is 80.1 Å². The highest BCUT2D eigenvalue weighted by molar-refractivity contribution is 5.89. The molecule has 20 heavy (non-hydrogen) atoms. The van der Waals surface area contributed by atoms with Crippen molar-refractivity contribution >= 4 is 5.78 Å². The van der Waals surface area contributed by atoms with Crippen LogP contribution in [0.25, 0.3) is 0 Å². The summed E-state index contributed by atoms with van der Waals surface area (Å²) in [7, 11) is 0. The van der Waals surface area contributed by atoms with Crippen LogP contribution in [0.15, 0.2) is 0 Å². The summed E-state index contributed by atoms with van der Waals surface area (Å²) in [4.78, 5) is 13.3. The molecule has 0 fully saturated rings. The van der Waals surface area contributed by atoms with Gasteiger partial charge in [-0.2, -0.15) is 0 Å². The molecule has 0 heterocycles. The van der Waals surface area contributed by atoms with E-state index in [1.807, 2.05) is 0 Å². The number of Topliss-reactive ketones (excluding diaryl/α,β-unsaturated/α-hetero) is 1. The molecule has 0 saturated heterocycles. The highest BCUT2D eigenvalue weighted by atomic mass is 16.1. The minimum atomic E-state index is -0.0948. The van der Waals surface area contributed by atoms with Crippen molar-refractivity contribution in [1.82, 2.24) is 0 Å². The molecule has 2 atom stereocenters. The van der Waals surface area contributed by atoms with Crippen molar-refractivity contribution in [3.05, 3.63) is 0 Å². The third kappa shape index (κ3) is 5.58. The summed E-state index contributed by atoms with van der Waals surface area (Å²) in [6.45, 7) is 13.3. The monoisotopic (exact) mass is 282 g/mol. The van der Waals surface area contributed by atoms with Crippen LogP contribution in [-0.4, -0.2) is 5.78 Å². The number of carbonyl (C=O) groups is 1. The van der Waals surface area contributed by atoms with Crippen LogP contribution < -0.4 is 0 Å². The van der Waals surface area contributed by atoms with E-state index >= 15 is 0 Å². The molecule has 0 radical (unpaired) electrons. The van der Waals surface area contributed by atoms with Crippen LogP contribution in [0, 0.1) is 10.8 Å². The lowest BCUT2D eigenvalue weighted by Gasteiger charge is -2.38. The van der Waals surface area contributed by atoms with Crippen LogP contribution in [0.4, 0.5) is 0 Å². The number of unbranched alkanes of at least 4 members (excludes halogenated alkanes) is 2. The Morgan fingerprint density at radius 1 is 0.650 bits per heavy atom. The lowest BCUT2D eigenvalue weighted by molar-refractivity contribution is -0.139. The first kappa shape index (κ1) is 19.7. The van der Waals surface area contributed by atoms with Gasteiger partial charge in [-0.25, -0.2) is 0 Å². The van der Waals surface area contributed by atoms with Gasteiger partial charge in [0.15, 0.2) is 0 Å². The Bertz CT molecular complexity index is 245. The molecule has 0 amide bonds. The molecule has 0 aliphatic heterocycles. The molecule has 0 N–H and O–H groups in total. The van der Waals surface area contributed by atoms with Gasteiger partial charge in [0, 0.05) is 10.8 Å². The molecule has 0 rings (SSSR count). The molecule has 0 aromatic rings. The maximum atomic E-state index is 13.3. The first-order valence-electron chi connectivity index (χ1n) is 8.95. The average molecular weight is 283 g/mol. The van der Waals surface area contributed by atoms with Crippen LogP contribution in [0.5, 0.6) is 0 Å². The summed E-state index contributed by atoms with van der Waals surface area (Å²) < 4.78 is 0. The second-order valence-corrected chi connectivity index (χ2v) is 7.16. The Morgan fingerprint density at radius 2 is 1.00 bits per heavy atom. The van der Waals surface area contributed by atoms with E-state index in [1.54, 1.807) is 0 Å². The van der Waals surface area contributed by atoms with Crippen LogP contribution in [0.3, 0.4) is 0 Å². The maximum Gasteiger partial charge on any atom is 0.144 e. The number of rotatable bonds is 12. The third-order valence-electron chi connectivity index (χ3n) is 4.86. The van der Waals surface area contributed by atoms with Crippen LogP contribution >= 0.6 is 0 Å². The lowest BCUT2D eigenvalue weighted by Crippen LogP contribution is -2.40. The number of hydrogen-bond acceptors (Lipinski definition) is 1. The topological polar surface area (TPSA) is 17.1 Å². The van der Waals surface area contributed by atoms with Gasteiger partial charge in [-0.3, -0.25) is 4.79 Å². The molecule has 0 aliphatic rings. The van der Waals surface area contributed by atoms with E-state index in [4.69, 9.17) is 0 Å². The van der Waals surface area contributed by atoms with Crippen molar-refractivity contribution in [2.75, 3.05) is 0 Å².